The van der Waals surface area contributed by atoms with E-state index in [4.69, 9.17) is 0 Å². The van der Waals surface area contributed by atoms with E-state index in [1.54, 1.807) is 0 Å². The van der Waals surface area contributed by atoms with Crippen LogP contribution in [0, 0.1) is 17.7 Å². The third-order valence-electron chi connectivity index (χ3n) is 4.27. The molecule has 0 aliphatic carbocycles. The zero-order chi connectivity index (χ0) is 15.4. The van der Waals surface area contributed by atoms with Crippen LogP contribution in [0.25, 0.3) is 0 Å². The Kier molecular flexibility index (Phi) is 5.42. The molecule has 0 saturated carbocycles. The second-order valence-corrected chi connectivity index (χ2v) is 6.01. The Balaban J connectivity index is 1.86. The van der Waals surface area contributed by atoms with Gasteiger partial charge in [0.25, 0.3) is 0 Å². The minimum absolute atomic E-state index is 0.0485. The molecule has 0 spiro atoms. The van der Waals surface area contributed by atoms with E-state index in [0.29, 0.717) is 18.2 Å². The Morgan fingerprint density at radius 3 is 2.62 bits per heavy atom. The van der Waals surface area contributed by atoms with Crippen molar-refractivity contribution in [2.75, 3.05) is 19.6 Å². The van der Waals surface area contributed by atoms with Crippen molar-refractivity contribution in [1.82, 2.24) is 9.88 Å². The van der Waals surface area contributed by atoms with Crippen LogP contribution in [-0.4, -0.2) is 46.5 Å². The molecule has 1 aromatic rings. The van der Waals surface area contributed by atoms with Crippen LogP contribution < -0.4 is 0 Å². The summed E-state index contributed by atoms with van der Waals surface area (Å²) in [6, 6.07) is 2.70. The maximum atomic E-state index is 12.8. The number of piperidine rings is 1. The summed E-state index contributed by atoms with van der Waals surface area (Å²) in [6.45, 7) is 6.22. The van der Waals surface area contributed by atoms with E-state index in [1.807, 2.05) is 13.8 Å². The summed E-state index contributed by atoms with van der Waals surface area (Å²) in [5.41, 5.74) is 0.322. The van der Waals surface area contributed by atoms with Crippen molar-refractivity contribution in [1.29, 1.82) is 0 Å². The van der Waals surface area contributed by atoms with Gasteiger partial charge in [-0.15, -0.1) is 0 Å². The van der Waals surface area contributed by atoms with Crippen LogP contribution in [-0.2, 0) is 0 Å². The highest BCUT2D eigenvalue weighted by atomic mass is 19.1. The Morgan fingerprint density at radius 2 is 2.10 bits per heavy atom. The first-order valence-corrected chi connectivity index (χ1v) is 7.53. The van der Waals surface area contributed by atoms with Gasteiger partial charge in [-0.3, -0.25) is 9.78 Å². The lowest BCUT2D eigenvalue weighted by Gasteiger charge is -2.34. The molecule has 0 bridgehead atoms. The van der Waals surface area contributed by atoms with Gasteiger partial charge >= 0.3 is 0 Å². The Hall–Kier alpha value is -1.33. The van der Waals surface area contributed by atoms with E-state index in [2.05, 4.69) is 9.88 Å². The first kappa shape index (κ1) is 16.0. The molecular weight excluding hydrogens is 271 g/mol. The number of likely N-dealkylation sites (tertiary alicyclic amines) is 1. The monoisotopic (exact) mass is 294 g/mol. The number of aromatic nitrogens is 1. The SMILES string of the molecule is CC(CN1CCC(C(C)O)CC1)C(=O)c1ccc(F)cn1. The number of pyridine rings is 1. The summed E-state index contributed by atoms with van der Waals surface area (Å²) in [6.07, 6.45) is 2.75. The molecule has 2 heterocycles. The van der Waals surface area contributed by atoms with Crippen molar-refractivity contribution in [3.63, 3.8) is 0 Å². The lowest BCUT2D eigenvalue weighted by atomic mass is 9.91. The van der Waals surface area contributed by atoms with Crippen molar-refractivity contribution in [3.8, 4) is 0 Å². The molecule has 2 rings (SSSR count). The highest BCUT2D eigenvalue weighted by Gasteiger charge is 2.25. The van der Waals surface area contributed by atoms with Gasteiger partial charge in [-0.2, -0.15) is 0 Å². The molecule has 1 aromatic heterocycles. The van der Waals surface area contributed by atoms with Gasteiger partial charge in [0.2, 0.25) is 0 Å². The fraction of sp³-hybridized carbons (Fsp3) is 0.625. The highest BCUT2D eigenvalue weighted by molar-refractivity contribution is 5.95. The number of aliphatic hydroxyl groups excluding tert-OH is 1. The van der Waals surface area contributed by atoms with Crippen LogP contribution in [0.4, 0.5) is 4.39 Å². The fourth-order valence-electron chi connectivity index (χ4n) is 2.86. The molecule has 116 valence electrons. The maximum absolute atomic E-state index is 12.8. The van der Waals surface area contributed by atoms with E-state index in [9.17, 15) is 14.3 Å². The van der Waals surface area contributed by atoms with Gasteiger partial charge in [-0.1, -0.05) is 6.92 Å². The Labute approximate surface area is 125 Å². The number of hydrogen-bond donors (Lipinski definition) is 1. The summed E-state index contributed by atoms with van der Waals surface area (Å²) < 4.78 is 12.8. The number of halogens is 1. The molecule has 21 heavy (non-hydrogen) atoms. The van der Waals surface area contributed by atoms with E-state index in [0.717, 1.165) is 32.1 Å². The Morgan fingerprint density at radius 1 is 1.43 bits per heavy atom. The van der Waals surface area contributed by atoms with Crippen LogP contribution in [0.1, 0.15) is 37.2 Å². The van der Waals surface area contributed by atoms with Crippen molar-refractivity contribution in [3.05, 3.63) is 29.8 Å². The lowest BCUT2D eigenvalue weighted by Crippen LogP contribution is -2.40. The average Bonchev–Trinajstić information content (AvgIpc) is 2.47. The third kappa shape index (κ3) is 4.32. The minimum atomic E-state index is -0.431. The molecular formula is C16H23FN2O2. The van der Waals surface area contributed by atoms with Crippen molar-refractivity contribution < 1.29 is 14.3 Å². The number of Topliss-reactive ketones (excluding diaryl/α,β-unsaturated/α-hetero) is 1. The lowest BCUT2D eigenvalue weighted by molar-refractivity contribution is 0.0633. The third-order valence-corrected chi connectivity index (χ3v) is 4.27. The molecule has 0 amide bonds. The van der Waals surface area contributed by atoms with Gasteiger partial charge in [0.15, 0.2) is 5.78 Å². The van der Waals surface area contributed by atoms with Crippen LogP contribution in [0.3, 0.4) is 0 Å². The summed E-state index contributed by atoms with van der Waals surface area (Å²) in [5.74, 6) is -0.274. The summed E-state index contributed by atoms with van der Waals surface area (Å²) in [7, 11) is 0. The first-order valence-electron chi connectivity index (χ1n) is 7.53. The second-order valence-electron chi connectivity index (χ2n) is 6.01. The molecule has 1 aliphatic rings. The number of carbonyl (C=O) groups excluding carboxylic acids is 1. The van der Waals surface area contributed by atoms with Crippen LogP contribution in [0.15, 0.2) is 18.3 Å². The average molecular weight is 294 g/mol. The second kappa shape index (κ2) is 7.09. The molecule has 2 unspecified atom stereocenters. The van der Waals surface area contributed by atoms with E-state index in [1.165, 1.54) is 12.1 Å². The van der Waals surface area contributed by atoms with Crippen LogP contribution in [0.2, 0.25) is 0 Å². The summed E-state index contributed by atoms with van der Waals surface area (Å²) in [4.78, 5) is 18.4. The predicted octanol–water partition coefficient (Wildman–Crippen LogP) is 2.13. The quantitative estimate of drug-likeness (QED) is 0.845. The molecule has 2 atom stereocenters. The molecule has 4 nitrogen and oxygen atoms in total. The van der Waals surface area contributed by atoms with E-state index < -0.39 is 5.82 Å². The largest absolute Gasteiger partial charge is 0.393 e. The van der Waals surface area contributed by atoms with Gasteiger partial charge in [-0.25, -0.2) is 4.39 Å². The smallest absolute Gasteiger partial charge is 0.185 e. The zero-order valence-corrected chi connectivity index (χ0v) is 12.6. The van der Waals surface area contributed by atoms with Crippen molar-refractivity contribution in [2.45, 2.75) is 32.8 Å². The maximum Gasteiger partial charge on any atom is 0.185 e. The van der Waals surface area contributed by atoms with Crippen molar-refractivity contribution >= 4 is 5.78 Å². The van der Waals surface area contributed by atoms with Crippen LogP contribution in [0.5, 0.6) is 0 Å². The van der Waals surface area contributed by atoms with Gasteiger partial charge in [-0.05, 0) is 50.9 Å². The predicted molar refractivity (Wildman–Crippen MR) is 78.5 cm³/mol. The van der Waals surface area contributed by atoms with Gasteiger partial charge in [0, 0.05) is 12.5 Å². The molecule has 1 saturated heterocycles. The molecule has 0 radical (unpaired) electrons. The number of nitrogens with zero attached hydrogens (tertiary/aromatic N) is 2. The van der Waals surface area contributed by atoms with Gasteiger partial charge < -0.3 is 10.0 Å². The van der Waals surface area contributed by atoms with Crippen LogP contribution >= 0.6 is 0 Å². The van der Waals surface area contributed by atoms with Gasteiger partial charge in [0.1, 0.15) is 11.5 Å². The minimum Gasteiger partial charge on any atom is -0.393 e. The zero-order valence-electron chi connectivity index (χ0n) is 12.6. The topological polar surface area (TPSA) is 53.4 Å². The number of ketones is 1. The van der Waals surface area contributed by atoms with E-state index >= 15 is 0 Å². The number of hydrogen-bond acceptors (Lipinski definition) is 4. The Bertz CT molecular complexity index is 468. The molecule has 1 fully saturated rings. The standard InChI is InChI=1S/C16H23FN2O2/c1-11(16(21)15-4-3-14(17)9-18-15)10-19-7-5-13(6-8-19)12(2)20/h3-4,9,11-13,20H,5-8,10H2,1-2H3. The van der Waals surface area contributed by atoms with Crippen molar-refractivity contribution in [2.24, 2.45) is 11.8 Å². The first-order chi connectivity index (χ1) is 9.97. The normalized spacial score (nSPS) is 20.2. The van der Waals surface area contributed by atoms with E-state index in [-0.39, 0.29) is 17.8 Å². The molecule has 1 aliphatic heterocycles. The molecule has 0 aromatic carbocycles. The molecule has 5 heteroatoms. The summed E-state index contributed by atoms with van der Waals surface area (Å²) >= 11 is 0. The number of carbonyl (C=O) groups is 1. The fourth-order valence-corrected chi connectivity index (χ4v) is 2.86. The molecule has 1 N–H and O–H groups in total. The highest BCUT2D eigenvalue weighted by Crippen LogP contribution is 2.21. The number of aliphatic hydroxyl groups is 1. The number of rotatable bonds is 5. The summed E-state index contributed by atoms with van der Waals surface area (Å²) in [5, 5.41) is 9.59. The van der Waals surface area contributed by atoms with Gasteiger partial charge in [0.05, 0.1) is 12.3 Å².